The Morgan fingerprint density at radius 1 is 1.11 bits per heavy atom. The highest BCUT2D eigenvalue weighted by Gasteiger charge is 2.31. The average Bonchev–Trinajstić information content (AvgIpc) is 3.41. The van der Waals surface area contributed by atoms with Crippen LogP contribution in [0, 0.1) is 20.8 Å². The van der Waals surface area contributed by atoms with Crippen LogP contribution in [0.4, 0.5) is 13.2 Å². The van der Waals surface area contributed by atoms with Crippen molar-refractivity contribution in [2.75, 3.05) is 0 Å². The second kappa shape index (κ2) is 7.32. The van der Waals surface area contributed by atoms with E-state index in [1.54, 1.807) is 0 Å². The minimum absolute atomic E-state index is 0. The summed E-state index contributed by atoms with van der Waals surface area (Å²) in [5.41, 5.74) is 5.20. The van der Waals surface area contributed by atoms with Crippen molar-refractivity contribution in [3.8, 4) is 5.75 Å². The molecule has 2 heterocycles. The number of aryl methyl sites for hydroxylation is 2. The predicted molar refractivity (Wildman–Crippen MR) is 105 cm³/mol. The number of ether oxygens (including phenoxy) is 1. The Morgan fingerprint density at radius 2 is 1.75 bits per heavy atom. The van der Waals surface area contributed by atoms with Gasteiger partial charge in [-0.3, -0.25) is 4.98 Å². The van der Waals surface area contributed by atoms with E-state index in [2.05, 4.69) is 18.4 Å². The first kappa shape index (κ1) is 20.5. The lowest BCUT2D eigenvalue weighted by molar-refractivity contribution is -0.137. The molecule has 0 unspecified atom stereocenters. The van der Waals surface area contributed by atoms with Gasteiger partial charge in [0.15, 0.2) is 0 Å². The third-order valence-corrected chi connectivity index (χ3v) is 5.17. The summed E-state index contributed by atoms with van der Waals surface area (Å²) < 4.78 is 46.5. The van der Waals surface area contributed by atoms with Gasteiger partial charge in [-0.15, -0.1) is 12.4 Å². The summed E-state index contributed by atoms with van der Waals surface area (Å²) >= 11 is 0. The molecule has 0 aliphatic heterocycles. The molecule has 1 fully saturated rings. The van der Waals surface area contributed by atoms with Crippen LogP contribution in [0.5, 0.6) is 5.75 Å². The zero-order chi connectivity index (χ0) is 19.3. The summed E-state index contributed by atoms with van der Waals surface area (Å²) in [4.78, 5) is 4.70. The van der Waals surface area contributed by atoms with Gasteiger partial charge in [0.1, 0.15) is 17.9 Å². The third kappa shape index (κ3) is 3.70. The van der Waals surface area contributed by atoms with E-state index in [1.165, 1.54) is 17.8 Å². The van der Waals surface area contributed by atoms with Crippen molar-refractivity contribution in [1.82, 2.24) is 9.55 Å². The van der Waals surface area contributed by atoms with E-state index in [9.17, 15) is 13.2 Å². The minimum atomic E-state index is -4.33. The molecule has 0 bridgehead atoms. The number of benzene rings is 1. The van der Waals surface area contributed by atoms with Gasteiger partial charge in [0.05, 0.1) is 11.1 Å². The zero-order valence-corrected chi connectivity index (χ0v) is 16.7. The average molecular weight is 411 g/mol. The van der Waals surface area contributed by atoms with E-state index < -0.39 is 11.7 Å². The lowest BCUT2D eigenvalue weighted by Gasteiger charge is -2.13. The van der Waals surface area contributed by atoms with Gasteiger partial charge < -0.3 is 9.30 Å². The van der Waals surface area contributed by atoms with Gasteiger partial charge >= 0.3 is 6.18 Å². The number of nitrogens with zero attached hydrogens (tertiary/aromatic N) is 2. The summed E-state index contributed by atoms with van der Waals surface area (Å²) in [5, 5.41) is 0. The van der Waals surface area contributed by atoms with Gasteiger partial charge in [-0.05, 0) is 56.9 Å². The van der Waals surface area contributed by atoms with Crippen molar-refractivity contribution in [3.05, 3.63) is 58.4 Å². The molecule has 0 spiro atoms. The molecule has 1 aromatic carbocycles. The standard InChI is InChI=1S/C21H21F3N2O.ClH/c1-12-10-18(27-11-15-4-6-16(7-5-15)21(22,23)24)20-19(25-12)13(2)14(3)26(20)17-8-9-17;/h4-7,10,17H,8-9,11H2,1-3H3;1H. The molecule has 0 amide bonds. The van der Waals surface area contributed by atoms with Gasteiger partial charge in [-0.2, -0.15) is 13.2 Å². The van der Waals surface area contributed by atoms with Crippen LogP contribution in [0.3, 0.4) is 0 Å². The van der Waals surface area contributed by atoms with Crippen molar-refractivity contribution < 1.29 is 17.9 Å². The quantitative estimate of drug-likeness (QED) is 0.503. The second-order valence-electron chi connectivity index (χ2n) is 7.25. The van der Waals surface area contributed by atoms with Crippen LogP contribution in [0.2, 0.25) is 0 Å². The predicted octanol–water partition coefficient (Wildman–Crippen LogP) is 6.32. The van der Waals surface area contributed by atoms with Gasteiger partial charge in [-0.1, -0.05) is 12.1 Å². The summed E-state index contributed by atoms with van der Waals surface area (Å²) in [6.45, 7) is 6.31. The Hall–Kier alpha value is -2.21. The maximum absolute atomic E-state index is 12.7. The SMILES string of the molecule is Cc1cc(OCc2ccc(C(F)(F)F)cc2)c2c(n1)c(C)c(C)n2C1CC1.Cl. The molecule has 3 aromatic rings. The molecule has 0 saturated heterocycles. The number of halogens is 4. The van der Waals surface area contributed by atoms with Crippen molar-refractivity contribution in [2.45, 2.75) is 52.4 Å². The Balaban J connectivity index is 0.00000225. The first-order valence-electron chi connectivity index (χ1n) is 9.03. The van der Waals surface area contributed by atoms with Crippen LogP contribution in [0.1, 0.15) is 47.0 Å². The highest BCUT2D eigenvalue weighted by atomic mass is 35.5. The number of rotatable bonds is 4. The lowest BCUT2D eigenvalue weighted by atomic mass is 10.1. The molecular formula is C21H22ClF3N2O. The van der Waals surface area contributed by atoms with Crippen LogP contribution in [-0.4, -0.2) is 9.55 Å². The monoisotopic (exact) mass is 410 g/mol. The molecule has 150 valence electrons. The van der Waals surface area contributed by atoms with Gasteiger partial charge in [0.25, 0.3) is 0 Å². The molecule has 4 rings (SSSR count). The Kier molecular flexibility index (Phi) is 5.36. The van der Waals surface area contributed by atoms with E-state index in [-0.39, 0.29) is 19.0 Å². The molecular weight excluding hydrogens is 389 g/mol. The highest BCUT2D eigenvalue weighted by molar-refractivity contribution is 5.87. The Morgan fingerprint density at radius 3 is 2.32 bits per heavy atom. The topological polar surface area (TPSA) is 27.1 Å². The lowest BCUT2D eigenvalue weighted by Crippen LogP contribution is -2.05. The van der Waals surface area contributed by atoms with Crippen LogP contribution < -0.4 is 4.74 Å². The molecule has 0 radical (unpaired) electrons. The van der Waals surface area contributed by atoms with E-state index in [1.807, 2.05) is 13.0 Å². The number of alkyl halides is 3. The van der Waals surface area contributed by atoms with Crippen molar-refractivity contribution in [2.24, 2.45) is 0 Å². The van der Waals surface area contributed by atoms with Crippen molar-refractivity contribution in [3.63, 3.8) is 0 Å². The Labute approximate surface area is 167 Å². The van der Waals surface area contributed by atoms with Crippen LogP contribution in [0.15, 0.2) is 30.3 Å². The molecule has 7 heteroatoms. The molecule has 0 N–H and O–H groups in total. The smallest absolute Gasteiger partial charge is 0.416 e. The van der Waals surface area contributed by atoms with Gasteiger partial charge in [0, 0.05) is 23.5 Å². The molecule has 28 heavy (non-hydrogen) atoms. The molecule has 1 saturated carbocycles. The summed E-state index contributed by atoms with van der Waals surface area (Å²) in [6.07, 6.45) is -2.03. The normalized spacial score (nSPS) is 14.2. The molecule has 3 nitrogen and oxygen atoms in total. The number of fused-ring (bicyclic) bond motifs is 1. The van der Waals surface area contributed by atoms with Crippen LogP contribution in [0.25, 0.3) is 11.0 Å². The fourth-order valence-electron chi connectivity index (χ4n) is 3.50. The van der Waals surface area contributed by atoms with Gasteiger partial charge in [-0.25, -0.2) is 0 Å². The Bertz CT molecular complexity index is 1010. The fourth-order valence-corrected chi connectivity index (χ4v) is 3.50. The maximum Gasteiger partial charge on any atom is 0.416 e. The van der Waals surface area contributed by atoms with Crippen molar-refractivity contribution in [1.29, 1.82) is 0 Å². The van der Waals surface area contributed by atoms with Crippen LogP contribution >= 0.6 is 12.4 Å². The van der Waals surface area contributed by atoms with E-state index in [4.69, 9.17) is 9.72 Å². The first-order chi connectivity index (χ1) is 12.8. The number of hydrogen-bond donors (Lipinski definition) is 0. The van der Waals surface area contributed by atoms with Crippen LogP contribution in [-0.2, 0) is 12.8 Å². The van der Waals surface area contributed by atoms with E-state index in [0.717, 1.165) is 53.0 Å². The minimum Gasteiger partial charge on any atom is -0.487 e. The largest absolute Gasteiger partial charge is 0.487 e. The first-order valence-corrected chi connectivity index (χ1v) is 9.03. The number of hydrogen-bond acceptors (Lipinski definition) is 2. The molecule has 0 atom stereocenters. The number of aromatic nitrogens is 2. The second-order valence-corrected chi connectivity index (χ2v) is 7.25. The zero-order valence-electron chi connectivity index (χ0n) is 15.9. The third-order valence-electron chi connectivity index (χ3n) is 5.17. The summed E-state index contributed by atoms with van der Waals surface area (Å²) in [6, 6.07) is 7.50. The van der Waals surface area contributed by atoms with Crippen molar-refractivity contribution >= 4 is 23.4 Å². The van der Waals surface area contributed by atoms with Gasteiger partial charge in [0.2, 0.25) is 0 Å². The molecule has 1 aliphatic carbocycles. The van der Waals surface area contributed by atoms with E-state index in [0.29, 0.717) is 11.6 Å². The molecule has 1 aliphatic rings. The molecule has 2 aromatic heterocycles. The fraction of sp³-hybridized carbons (Fsp3) is 0.381. The highest BCUT2D eigenvalue weighted by Crippen LogP contribution is 2.43. The van der Waals surface area contributed by atoms with E-state index >= 15 is 0 Å². The summed E-state index contributed by atoms with van der Waals surface area (Å²) in [5.74, 6) is 0.737. The number of pyridine rings is 1. The summed E-state index contributed by atoms with van der Waals surface area (Å²) in [7, 11) is 0. The maximum atomic E-state index is 12.7.